The van der Waals surface area contributed by atoms with Gasteiger partial charge in [-0.05, 0) is 25.1 Å². The molecule has 1 aliphatic heterocycles. The summed E-state index contributed by atoms with van der Waals surface area (Å²) in [4.78, 5) is 31.2. The van der Waals surface area contributed by atoms with Gasteiger partial charge in [0, 0.05) is 49.2 Å². The molecular formula is C20H20F3N7O. The van der Waals surface area contributed by atoms with Crippen LogP contribution in [0.15, 0.2) is 36.9 Å². The molecular weight excluding hydrogens is 411 g/mol. The molecule has 1 fully saturated rings. The Balaban J connectivity index is 1.59. The highest BCUT2D eigenvalue weighted by atomic mass is 19.4. The number of carbonyl (C=O) groups is 1. The second-order valence-corrected chi connectivity index (χ2v) is 7.36. The average Bonchev–Trinajstić information content (AvgIpc) is 2.75. The monoisotopic (exact) mass is 431 g/mol. The number of likely N-dealkylation sites (N-methyl/N-ethyl adjacent to an activating group) is 1. The number of rotatable bonds is 4. The average molecular weight is 431 g/mol. The number of nitrogens with zero attached hydrogens (tertiary/aromatic N) is 6. The molecule has 2 aromatic heterocycles. The van der Waals surface area contributed by atoms with Crippen LogP contribution in [0.25, 0.3) is 10.9 Å². The second-order valence-electron chi connectivity index (χ2n) is 7.36. The Labute approximate surface area is 176 Å². The minimum Gasteiger partial charge on any atom is -0.363 e. The van der Waals surface area contributed by atoms with Crippen LogP contribution in [0.5, 0.6) is 0 Å². The minimum absolute atomic E-state index is 0.0462. The third-order valence-corrected chi connectivity index (χ3v) is 5.22. The summed E-state index contributed by atoms with van der Waals surface area (Å²) in [6.07, 6.45) is -0.866. The molecule has 0 aliphatic carbocycles. The molecule has 1 aromatic carbocycles. The van der Waals surface area contributed by atoms with Crippen LogP contribution in [0.3, 0.4) is 0 Å². The van der Waals surface area contributed by atoms with Gasteiger partial charge < -0.3 is 15.1 Å². The molecule has 3 aromatic rings. The van der Waals surface area contributed by atoms with Crippen molar-refractivity contribution in [1.29, 1.82) is 0 Å². The van der Waals surface area contributed by atoms with Gasteiger partial charge in [0.2, 0.25) is 11.7 Å². The summed E-state index contributed by atoms with van der Waals surface area (Å²) in [6, 6.07) is 5.28. The number of piperazine rings is 1. The standard InChI is InChI=1S/C20H20F3N7O/c1-12(13-8-24-19(25-9-13)20(21,22)23)28-18-15-7-14(3-4-16(15)26-11-27-18)30-6-5-29(2)17(31)10-30/h3-4,7-9,11-12H,5-6,10H2,1-2H3,(H,26,27,28). The van der Waals surface area contributed by atoms with Crippen molar-refractivity contribution in [2.24, 2.45) is 0 Å². The predicted octanol–water partition coefficient (Wildman–Crippen LogP) is 2.89. The van der Waals surface area contributed by atoms with Crippen molar-refractivity contribution in [3.05, 3.63) is 48.3 Å². The van der Waals surface area contributed by atoms with Crippen LogP contribution in [0.1, 0.15) is 24.4 Å². The number of aromatic nitrogens is 4. The number of alkyl halides is 3. The molecule has 3 heterocycles. The fourth-order valence-electron chi connectivity index (χ4n) is 3.33. The molecule has 0 saturated carbocycles. The van der Waals surface area contributed by atoms with Gasteiger partial charge in [-0.15, -0.1) is 0 Å². The maximum Gasteiger partial charge on any atom is 0.451 e. The van der Waals surface area contributed by atoms with E-state index in [-0.39, 0.29) is 12.5 Å². The van der Waals surface area contributed by atoms with Crippen molar-refractivity contribution >= 4 is 28.3 Å². The van der Waals surface area contributed by atoms with E-state index in [1.54, 1.807) is 18.9 Å². The predicted molar refractivity (Wildman–Crippen MR) is 108 cm³/mol. The Morgan fingerprint density at radius 3 is 2.52 bits per heavy atom. The molecule has 1 aliphatic rings. The zero-order valence-corrected chi connectivity index (χ0v) is 16.9. The molecule has 11 heteroatoms. The maximum absolute atomic E-state index is 12.7. The molecule has 0 spiro atoms. The van der Waals surface area contributed by atoms with Gasteiger partial charge in [-0.25, -0.2) is 19.9 Å². The normalized spacial score (nSPS) is 16.0. The Hall–Kier alpha value is -3.50. The van der Waals surface area contributed by atoms with Crippen LogP contribution in [0.4, 0.5) is 24.7 Å². The number of anilines is 2. The number of hydrogen-bond donors (Lipinski definition) is 1. The van der Waals surface area contributed by atoms with Gasteiger partial charge in [0.1, 0.15) is 12.1 Å². The summed E-state index contributed by atoms with van der Waals surface area (Å²) in [5, 5.41) is 3.94. The molecule has 162 valence electrons. The second kappa shape index (κ2) is 7.97. The molecule has 1 atom stereocenters. The van der Waals surface area contributed by atoms with Crippen molar-refractivity contribution < 1.29 is 18.0 Å². The fraction of sp³-hybridized carbons (Fsp3) is 0.350. The third-order valence-electron chi connectivity index (χ3n) is 5.22. The van der Waals surface area contributed by atoms with E-state index in [4.69, 9.17) is 0 Å². The van der Waals surface area contributed by atoms with Gasteiger partial charge in [-0.2, -0.15) is 13.2 Å². The van der Waals surface area contributed by atoms with E-state index in [9.17, 15) is 18.0 Å². The van der Waals surface area contributed by atoms with Gasteiger partial charge in [-0.3, -0.25) is 4.79 Å². The highest BCUT2D eigenvalue weighted by Crippen LogP contribution is 2.29. The lowest BCUT2D eigenvalue weighted by molar-refractivity contribution is -0.145. The smallest absolute Gasteiger partial charge is 0.363 e. The number of fused-ring (bicyclic) bond motifs is 1. The number of halogens is 3. The summed E-state index contributed by atoms with van der Waals surface area (Å²) in [6.45, 7) is 3.42. The molecule has 4 rings (SSSR count). The summed E-state index contributed by atoms with van der Waals surface area (Å²) in [5.41, 5.74) is 2.07. The highest BCUT2D eigenvalue weighted by molar-refractivity contribution is 5.92. The summed E-state index contributed by atoms with van der Waals surface area (Å²) in [7, 11) is 1.78. The molecule has 1 N–H and O–H groups in total. The Bertz CT molecular complexity index is 1100. The Kier molecular flexibility index (Phi) is 5.34. The van der Waals surface area contributed by atoms with Crippen molar-refractivity contribution in [1.82, 2.24) is 24.8 Å². The number of benzene rings is 1. The van der Waals surface area contributed by atoms with Gasteiger partial charge >= 0.3 is 6.18 Å². The molecule has 0 radical (unpaired) electrons. The first-order valence-electron chi connectivity index (χ1n) is 9.62. The van der Waals surface area contributed by atoms with Crippen LogP contribution in [0, 0.1) is 0 Å². The first kappa shape index (κ1) is 20.8. The van der Waals surface area contributed by atoms with Gasteiger partial charge in [-0.1, -0.05) is 0 Å². The first-order valence-corrected chi connectivity index (χ1v) is 9.62. The van der Waals surface area contributed by atoms with Gasteiger partial charge in [0.25, 0.3) is 0 Å². The zero-order valence-electron chi connectivity index (χ0n) is 16.9. The fourth-order valence-corrected chi connectivity index (χ4v) is 3.33. The van der Waals surface area contributed by atoms with Crippen LogP contribution in [-0.4, -0.2) is 57.4 Å². The lowest BCUT2D eigenvalue weighted by atomic mass is 10.1. The van der Waals surface area contributed by atoms with E-state index >= 15 is 0 Å². The van der Waals surface area contributed by atoms with Crippen LogP contribution in [-0.2, 0) is 11.0 Å². The van der Waals surface area contributed by atoms with Crippen LogP contribution < -0.4 is 10.2 Å². The Morgan fingerprint density at radius 1 is 1.10 bits per heavy atom. The number of nitrogens with one attached hydrogen (secondary N) is 1. The topological polar surface area (TPSA) is 87.1 Å². The first-order chi connectivity index (χ1) is 14.7. The Morgan fingerprint density at radius 2 is 1.84 bits per heavy atom. The molecule has 1 unspecified atom stereocenters. The largest absolute Gasteiger partial charge is 0.451 e. The summed E-state index contributed by atoms with van der Waals surface area (Å²) >= 11 is 0. The highest BCUT2D eigenvalue weighted by Gasteiger charge is 2.34. The van der Waals surface area contributed by atoms with Gasteiger partial charge in [0.15, 0.2) is 0 Å². The van der Waals surface area contributed by atoms with E-state index < -0.39 is 18.0 Å². The third kappa shape index (κ3) is 4.35. The molecule has 8 nitrogen and oxygen atoms in total. The summed E-state index contributed by atoms with van der Waals surface area (Å²) < 4.78 is 38.1. The molecule has 31 heavy (non-hydrogen) atoms. The molecule has 1 amide bonds. The molecule has 0 bridgehead atoms. The number of carbonyl (C=O) groups excluding carboxylic acids is 1. The minimum atomic E-state index is -4.58. The van der Waals surface area contributed by atoms with E-state index in [1.165, 1.54) is 6.33 Å². The van der Waals surface area contributed by atoms with E-state index in [2.05, 4.69) is 25.3 Å². The zero-order chi connectivity index (χ0) is 22.2. The van der Waals surface area contributed by atoms with Crippen molar-refractivity contribution in [3.63, 3.8) is 0 Å². The van der Waals surface area contributed by atoms with Crippen molar-refractivity contribution in [2.75, 3.05) is 36.9 Å². The van der Waals surface area contributed by atoms with E-state index in [0.717, 1.165) is 23.5 Å². The number of amides is 1. The van der Waals surface area contributed by atoms with E-state index in [1.807, 2.05) is 23.1 Å². The van der Waals surface area contributed by atoms with Crippen molar-refractivity contribution in [2.45, 2.75) is 19.1 Å². The maximum atomic E-state index is 12.7. The lowest BCUT2D eigenvalue weighted by Crippen LogP contribution is -2.48. The van der Waals surface area contributed by atoms with E-state index in [0.29, 0.717) is 30.0 Å². The van der Waals surface area contributed by atoms with Crippen molar-refractivity contribution in [3.8, 4) is 0 Å². The lowest BCUT2D eigenvalue weighted by Gasteiger charge is -2.33. The van der Waals surface area contributed by atoms with Crippen LogP contribution >= 0.6 is 0 Å². The van der Waals surface area contributed by atoms with Gasteiger partial charge in [0.05, 0.1) is 18.1 Å². The number of hydrogen-bond acceptors (Lipinski definition) is 7. The molecule has 1 saturated heterocycles. The quantitative estimate of drug-likeness (QED) is 0.680. The van der Waals surface area contributed by atoms with Crippen LogP contribution in [0.2, 0.25) is 0 Å². The summed E-state index contributed by atoms with van der Waals surface area (Å²) in [5.74, 6) is -0.605. The SMILES string of the molecule is CC(Nc1ncnc2ccc(N3CCN(C)C(=O)C3)cc12)c1cnc(C(F)(F)F)nc1.